The Morgan fingerprint density at radius 2 is 1.94 bits per heavy atom. The summed E-state index contributed by atoms with van der Waals surface area (Å²) < 4.78 is 0. The average Bonchev–Trinajstić information content (AvgIpc) is 2.33. The molecule has 0 saturated heterocycles. The molecule has 1 aromatic rings. The van der Waals surface area contributed by atoms with Gasteiger partial charge in [-0.3, -0.25) is 4.79 Å². The first kappa shape index (κ1) is 13.1. The van der Waals surface area contributed by atoms with Crippen LogP contribution in [-0.4, -0.2) is 23.2 Å². The SMILES string of the molecule is Cc1ccc(C(=O)NC2CCC(C)CC2O)cc1. The Bertz CT molecular complexity index is 413. The molecule has 98 valence electrons. The maximum atomic E-state index is 12.0. The lowest BCUT2D eigenvalue weighted by molar-refractivity contribution is 0.0599. The fourth-order valence-electron chi connectivity index (χ4n) is 2.48. The number of aliphatic hydroxyl groups is 1. The van der Waals surface area contributed by atoms with Crippen molar-refractivity contribution in [1.29, 1.82) is 0 Å². The van der Waals surface area contributed by atoms with Crippen LogP contribution < -0.4 is 5.32 Å². The molecule has 1 aliphatic rings. The van der Waals surface area contributed by atoms with Crippen LogP contribution >= 0.6 is 0 Å². The minimum atomic E-state index is -0.414. The number of hydrogen-bond donors (Lipinski definition) is 2. The zero-order valence-corrected chi connectivity index (χ0v) is 11.0. The van der Waals surface area contributed by atoms with Crippen molar-refractivity contribution >= 4 is 5.91 Å². The molecule has 1 amide bonds. The van der Waals surface area contributed by atoms with Crippen molar-refractivity contribution in [2.75, 3.05) is 0 Å². The van der Waals surface area contributed by atoms with Crippen molar-refractivity contribution in [3.8, 4) is 0 Å². The van der Waals surface area contributed by atoms with Gasteiger partial charge in [0.25, 0.3) is 5.91 Å². The third-order valence-electron chi connectivity index (χ3n) is 3.71. The summed E-state index contributed by atoms with van der Waals surface area (Å²) in [5.74, 6) is 0.459. The van der Waals surface area contributed by atoms with Crippen molar-refractivity contribution < 1.29 is 9.90 Å². The van der Waals surface area contributed by atoms with E-state index in [9.17, 15) is 9.90 Å². The van der Waals surface area contributed by atoms with Gasteiger partial charge in [0.2, 0.25) is 0 Å². The smallest absolute Gasteiger partial charge is 0.251 e. The van der Waals surface area contributed by atoms with E-state index in [-0.39, 0.29) is 11.9 Å². The molecular formula is C15H21NO2. The van der Waals surface area contributed by atoms with Crippen LogP contribution in [0.1, 0.15) is 42.1 Å². The predicted octanol–water partition coefficient (Wildman–Crippen LogP) is 2.27. The van der Waals surface area contributed by atoms with Gasteiger partial charge in [-0.2, -0.15) is 0 Å². The van der Waals surface area contributed by atoms with E-state index in [1.165, 1.54) is 0 Å². The maximum Gasteiger partial charge on any atom is 0.251 e. The molecule has 0 bridgehead atoms. The monoisotopic (exact) mass is 247 g/mol. The highest BCUT2D eigenvalue weighted by atomic mass is 16.3. The van der Waals surface area contributed by atoms with Crippen LogP contribution in [0.5, 0.6) is 0 Å². The van der Waals surface area contributed by atoms with Gasteiger partial charge in [-0.1, -0.05) is 24.6 Å². The van der Waals surface area contributed by atoms with E-state index in [4.69, 9.17) is 0 Å². The van der Waals surface area contributed by atoms with Gasteiger partial charge in [0.1, 0.15) is 0 Å². The maximum absolute atomic E-state index is 12.0. The van der Waals surface area contributed by atoms with Crippen LogP contribution in [0.25, 0.3) is 0 Å². The van der Waals surface area contributed by atoms with E-state index < -0.39 is 6.10 Å². The summed E-state index contributed by atoms with van der Waals surface area (Å²) in [4.78, 5) is 12.0. The summed E-state index contributed by atoms with van der Waals surface area (Å²) in [6.07, 6.45) is 2.29. The van der Waals surface area contributed by atoms with Crippen molar-refractivity contribution in [2.24, 2.45) is 5.92 Å². The Labute approximate surface area is 108 Å². The predicted molar refractivity (Wildman–Crippen MR) is 71.5 cm³/mol. The molecule has 18 heavy (non-hydrogen) atoms. The standard InChI is InChI=1S/C15H21NO2/c1-10-3-6-12(7-4-10)15(18)16-13-8-5-11(2)9-14(13)17/h3-4,6-7,11,13-14,17H,5,8-9H2,1-2H3,(H,16,18). The summed E-state index contributed by atoms with van der Waals surface area (Å²) in [5.41, 5.74) is 1.80. The number of rotatable bonds is 2. The second kappa shape index (κ2) is 5.53. The highest BCUT2D eigenvalue weighted by molar-refractivity contribution is 5.94. The first-order valence-corrected chi connectivity index (χ1v) is 6.62. The lowest BCUT2D eigenvalue weighted by atomic mass is 9.85. The summed E-state index contributed by atoms with van der Waals surface area (Å²) in [5, 5.41) is 12.9. The number of amides is 1. The Morgan fingerprint density at radius 1 is 1.28 bits per heavy atom. The number of nitrogens with one attached hydrogen (secondary N) is 1. The van der Waals surface area contributed by atoms with Crippen LogP contribution in [0.4, 0.5) is 0 Å². The molecule has 2 N–H and O–H groups in total. The molecule has 1 saturated carbocycles. The fraction of sp³-hybridized carbons (Fsp3) is 0.533. The van der Waals surface area contributed by atoms with Crippen LogP contribution in [0.3, 0.4) is 0 Å². The van der Waals surface area contributed by atoms with Crippen LogP contribution in [0, 0.1) is 12.8 Å². The molecular weight excluding hydrogens is 226 g/mol. The number of carbonyl (C=O) groups is 1. The summed E-state index contributed by atoms with van der Waals surface area (Å²) in [6.45, 7) is 4.13. The van der Waals surface area contributed by atoms with Crippen LogP contribution in [0.15, 0.2) is 24.3 Å². The minimum absolute atomic E-state index is 0.0893. The number of carbonyl (C=O) groups excluding carboxylic acids is 1. The van der Waals surface area contributed by atoms with E-state index in [2.05, 4.69) is 12.2 Å². The van der Waals surface area contributed by atoms with Crippen molar-refractivity contribution in [3.05, 3.63) is 35.4 Å². The third kappa shape index (κ3) is 3.10. The molecule has 0 aromatic heterocycles. The Balaban J connectivity index is 1.97. The number of hydrogen-bond acceptors (Lipinski definition) is 2. The zero-order chi connectivity index (χ0) is 13.1. The van der Waals surface area contributed by atoms with Gasteiger partial charge in [-0.15, -0.1) is 0 Å². The quantitative estimate of drug-likeness (QED) is 0.842. The summed E-state index contributed by atoms with van der Waals surface area (Å²) >= 11 is 0. The van der Waals surface area contributed by atoms with Gasteiger partial charge in [-0.05, 0) is 44.2 Å². The highest BCUT2D eigenvalue weighted by Crippen LogP contribution is 2.24. The first-order chi connectivity index (χ1) is 8.56. The highest BCUT2D eigenvalue weighted by Gasteiger charge is 2.28. The number of aliphatic hydroxyl groups excluding tert-OH is 1. The summed E-state index contributed by atoms with van der Waals surface area (Å²) in [6, 6.07) is 7.39. The first-order valence-electron chi connectivity index (χ1n) is 6.62. The van der Waals surface area contributed by atoms with Gasteiger partial charge < -0.3 is 10.4 Å². The normalized spacial score (nSPS) is 27.8. The largest absolute Gasteiger partial charge is 0.391 e. The minimum Gasteiger partial charge on any atom is -0.391 e. The second-order valence-electron chi connectivity index (χ2n) is 5.43. The van der Waals surface area contributed by atoms with Gasteiger partial charge in [0.15, 0.2) is 0 Å². The molecule has 0 spiro atoms. The number of aryl methyl sites for hydroxylation is 1. The zero-order valence-electron chi connectivity index (χ0n) is 11.0. The number of benzene rings is 1. The van der Waals surface area contributed by atoms with E-state index in [0.29, 0.717) is 11.5 Å². The van der Waals surface area contributed by atoms with E-state index in [1.807, 2.05) is 31.2 Å². The van der Waals surface area contributed by atoms with Gasteiger partial charge in [0.05, 0.1) is 12.1 Å². The molecule has 2 rings (SSSR count). The van der Waals surface area contributed by atoms with Crippen LogP contribution in [-0.2, 0) is 0 Å². The van der Waals surface area contributed by atoms with Gasteiger partial charge in [-0.25, -0.2) is 0 Å². The molecule has 0 heterocycles. The van der Waals surface area contributed by atoms with E-state index in [1.54, 1.807) is 0 Å². The molecule has 0 radical (unpaired) electrons. The molecule has 3 atom stereocenters. The Hall–Kier alpha value is -1.35. The fourth-order valence-corrected chi connectivity index (χ4v) is 2.48. The molecule has 3 heteroatoms. The van der Waals surface area contributed by atoms with Crippen molar-refractivity contribution in [1.82, 2.24) is 5.32 Å². The van der Waals surface area contributed by atoms with E-state index >= 15 is 0 Å². The van der Waals surface area contributed by atoms with Crippen molar-refractivity contribution in [2.45, 2.75) is 45.3 Å². The van der Waals surface area contributed by atoms with E-state index in [0.717, 1.165) is 24.8 Å². The Morgan fingerprint density at radius 3 is 2.56 bits per heavy atom. The average molecular weight is 247 g/mol. The lowest BCUT2D eigenvalue weighted by Crippen LogP contribution is -2.46. The molecule has 1 fully saturated rings. The lowest BCUT2D eigenvalue weighted by Gasteiger charge is -2.32. The van der Waals surface area contributed by atoms with Crippen LogP contribution in [0.2, 0.25) is 0 Å². The van der Waals surface area contributed by atoms with Gasteiger partial charge in [0, 0.05) is 5.56 Å². The molecule has 0 aliphatic heterocycles. The molecule has 1 aromatic carbocycles. The van der Waals surface area contributed by atoms with Gasteiger partial charge >= 0.3 is 0 Å². The third-order valence-corrected chi connectivity index (χ3v) is 3.71. The second-order valence-corrected chi connectivity index (χ2v) is 5.43. The Kier molecular flexibility index (Phi) is 4.02. The molecule has 3 nitrogen and oxygen atoms in total. The molecule has 1 aliphatic carbocycles. The van der Waals surface area contributed by atoms with Crippen molar-refractivity contribution in [3.63, 3.8) is 0 Å². The topological polar surface area (TPSA) is 49.3 Å². The summed E-state index contributed by atoms with van der Waals surface area (Å²) in [7, 11) is 0. The molecule has 3 unspecified atom stereocenters.